The van der Waals surface area contributed by atoms with Crippen LogP contribution >= 0.6 is 0 Å². The Kier molecular flexibility index (Phi) is 2.39. The lowest BCUT2D eigenvalue weighted by Gasteiger charge is -2.47. The van der Waals surface area contributed by atoms with E-state index in [-0.39, 0.29) is 0 Å². The van der Waals surface area contributed by atoms with Gasteiger partial charge in [0, 0.05) is 12.0 Å². The standard InChI is InChI=1S/C14H23NO/c1-9(16)11-3-2-6-14(8-11)12-5-4-10(7-12)13(14)15/h10-13H,2-8,15H2,1H3/t10?,11-,12+,13+,14-/m1/s1. The number of rotatable bonds is 1. The third-order valence-electron chi connectivity index (χ3n) is 5.85. The molecule has 1 unspecified atom stereocenters. The number of Topliss-reactive ketones (excluding diaryl/α,β-unsaturated/α-hetero) is 1. The lowest BCUT2D eigenvalue weighted by Crippen LogP contribution is -2.49. The van der Waals surface area contributed by atoms with Crippen molar-refractivity contribution >= 4 is 5.78 Å². The van der Waals surface area contributed by atoms with Gasteiger partial charge in [-0.15, -0.1) is 0 Å². The van der Waals surface area contributed by atoms with E-state index in [9.17, 15) is 4.79 Å². The first-order valence-corrected chi connectivity index (χ1v) is 6.89. The molecule has 3 rings (SSSR count). The van der Waals surface area contributed by atoms with Crippen LogP contribution in [0, 0.1) is 23.2 Å². The molecule has 0 aromatic rings. The number of hydrogen-bond acceptors (Lipinski definition) is 2. The Hall–Kier alpha value is -0.370. The predicted molar refractivity (Wildman–Crippen MR) is 63.9 cm³/mol. The zero-order chi connectivity index (χ0) is 11.3. The fourth-order valence-corrected chi connectivity index (χ4v) is 4.97. The highest BCUT2D eigenvalue weighted by atomic mass is 16.1. The van der Waals surface area contributed by atoms with Crippen LogP contribution in [-0.2, 0) is 4.79 Å². The molecule has 2 nitrogen and oxygen atoms in total. The van der Waals surface area contributed by atoms with Crippen molar-refractivity contribution < 1.29 is 4.79 Å². The lowest BCUT2D eigenvalue weighted by atomic mass is 9.59. The van der Waals surface area contributed by atoms with Crippen molar-refractivity contribution in [3.8, 4) is 0 Å². The maximum absolute atomic E-state index is 11.6. The summed E-state index contributed by atoms with van der Waals surface area (Å²) < 4.78 is 0. The van der Waals surface area contributed by atoms with Crippen LogP contribution < -0.4 is 5.73 Å². The van der Waals surface area contributed by atoms with Crippen molar-refractivity contribution in [3.05, 3.63) is 0 Å². The molecule has 1 spiro atoms. The second-order valence-electron chi connectivity index (χ2n) is 6.43. The molecule has 3 aliphatic rings. The predicted octanol–water partition coefficient (Wildman–Crippen LogP) is 2.51. The highest BCUT2D eigenvalue weighted by Gasteiger charge is 2.57. The van der Waals surface area contributed by atoms with Gasteiger partial charge in [0.15, 0.2) is 0 Å². The molecule has 3 aliphatic carbocycles. The van der Waals surface area contributed by atoms with Gasteiger partial charge in [-0.25, -0.2) is 0 Å². The van der Waals surface area contributed by atoms with Gasteiger partial charge in [0.05, 0.1) is 0 Å². The van der Waals surface area contributed by atoms with E-state index < -0.39 is 0 Å². The number of carbonyl (C=O) groups is 1. The minimum absolute atomic E-state index is 0.319. The van der Waals surface area contributed by atoms with Crippen molar-refractivity contribution in [1.82, 2.24) is 0 Å². The molecule has 0 heterocycles. The molecule has 0 amide bonds. The van der Waals surface area contributed by atoms with E-state index in [0.717, 1.165) is 24.7 Å². The van der Waals surface area contributed by atoms with E-state index in [2.05, 4.69) is 0 Å². The molecule has 0 aromatic carbocycles. The SMILES string of the molecule is CC(=O)[C@@H]1CCC[C@@]2(C1)[C@H]1CCC(C1)[C@@H]2N. The van der Waals surface area contributed by atoms with Crippen LogP contribution in [0.15, 0.2) is 0 Å². The van der Waals surface area contributed by atoms with E-state index in [1.54, 1.807) is 6.92 Å². The van der Waals surface area contributed by atoms with Gasteiger partial charge in [-0.1, -0.05) is 6.42 Å². The third kappa shape index (κ3) is 1.32. The van der Waals surface area contributed by atoms with Crippen LogP contribution in [0.5, 0.6) is 0 Å². The van der Waals surface area contributed by atoms with Gasteiger partial charge in [0.1, 0.15) is 5.78 Å². The van der Waals surface area contributed by atoms with Crippen LogP contribution in [0.2, 0.25) is 0 Å². The minimum Gasteiger partial charge on any atom is -0.327 e. The summed E-state index contributed by atoms with van der Waals surface area (Å²) in [7, 11) is 0. The van der Waals surface area contributed by atoms with Crippen LogP contribution in [-0.4, -0.2) is 11.8 Å². The van der Waals surface area contributed by atoms with Gasteiger partial charge in [-0.2, -0.15) is 0 Å². The van der Waals surface area contributed by atoms with Crippen LogP contribution in [0.1, 0.15) is 51.9 Å². The Morgan fingerprint density at radius 2 is 2.12 bits per heavy atom. The molecule has 2 bridgehead atoms. The monoisotopic (exact) mass is 221 g/mol. The lowest BCUT2D eigenvalue weighted by molar-refractivity contribution is -0.124. The molecule has 5 atom stereocenters. The van der Waals surface area contributed by atoms with Crippen LogP contribution in [0.3, 0.4) is 0 Å². The van der Waals surface area contributed by atoms with Crippen LogP contribution in [0.4, 0.5) is 0 Å². The molecular weight excluding hydrogens is 198 g/mol. The van der Waals surface area contributed by atoms with E-state index in [0.29, 0.717) is 23.2 Å². The topological polar surface area (TPSA) is 43.1 Å². The van der Waals surface area contributed by atoms with Crippen molar-refractivity contribution in [2.75, 3.05) is 0 Å². The quantitative estimate of drug-likeness (QED) is 0.739. The summed E-state index contributed by atoms with van der Waals surface area (Å²) in [5, 5.41) is 0. The van der Waals surface area contributed by atoms with Gasteiger partial charge in [-0.05, 0) is 62.7 Å². The number of nitrogens with two attached hydrogens (primary N) is 1. The smallest absolute Gasteiger partial charge is 0.132 e. The van der Waals surface area contributed by atoms with Gasteiger partial charge in [-0.3, -0.25) is 4.79 Å². The number of fused-ring (bicyclic) bond motifs is 3. The molecule has 3 saturated carbocycles. The van der Waals surface area contributed by atoms with E-state index in [1.165, 1.54) is 32.1 Å². The van der Waals surface area contributed by atoms with E-state index >= 15 is 0 Å². The molecule has 0 aliphatic heterocycles. The molecule has 90 valence electrons. The average molecular weight is 221 g/mol. The van der Waals surface area contributed by atoms with E-state index in [1.807, 2.05) is 0 Å². The number of carbonyl (C=O) groups excluding carboxylic acids is 1. The van der Waals surface area contributed by atoms with Crippen molar-refractivity contribution in [1.29, 1.82) is 0 Å². The summed E-state index contributed by atoms with van der Waals surface area (Å²) in [5.41, 5.74) is 6.84. The third-order valence-corrected chi connectivity index (χ3v) is 5.85. The van der Waals surface area contributed by atoms with Gasteiger partial charge in [0.25, 0.3) is 0 Å². The summed E-state index contributed by atoms with van der Waals surface area (Å²) in [4.78, 5) is 11.6. The fourth-order valence-electron chi connectivity index (χ4n) is 4.97. The fraction of sp³-hybridized carbons (Fsp3) is 0.929. The summed E-state index contributed by atoms with van der Waals surface area (Å²) in [6.07, 6.45) is 8.80. The van der Waals surface area contributed by atoms with Crippen molar-refractivity contribution in [2.45, 2.75) is 57.9 Å². The Morgan fingerprint density at radius 1 is 1.31 bits per heavy atom. The zero-order valence-corrected chi connectivity index (χ0v) is 10.2. The van der Waals surface area contributed by atoms with Crippen LogP contribution in [0.25, 0.3) is 0 Å². The summed E-state index contributed by atoms with van der Waals surface area (Å²) in [5.74, 6) is 2.33. The molecule has 0 radical (unpaired) electrons. The summed E-state index contributed by atoms with van der Waals surface area (Å²) in [6.45, 7) is 1.77. The largest absolute Gasteiger partial charge is 0.327 e. The highest BCUT2D eigenvalue weighted by Crippen LogP contribution is 2.61. The van der Waals surface area contributed by atoms with Gasteiger partial charge < -0.3 is 5.73 Å². The molecule has 2 heteroatoms. The highest BCUT2D eigenvalue weighted by molar-refractivity contribution is 5.78. The molecule has 0 saturated heterocycles. The molecule has 2 N–H and O–H groups in total. The average Bonchev–Trinajstić information content (AvgIpc) is 2.84. The Bertz CT molecular complexity index is 310. The molecule has 3 fully saturated rings. The Balaban J connectivity index is 1.85. The first kappa shape index (κ1) is 10.8. The van der Waals surface area contributed by atoms with E-state index in [4.69, 9.17) is 5.73 Å². The Labute approximate surface area is 98.0 Å². The molecular formula is C14H23NO. The van der Waals surface area contributed by atoms with Crippen molar-refractivity contribution in [2.24, 2.45) is 28.9 Å². The Morgan fingerprint density at radius 3 is 2.75 bits per heavy atom. The molecule has 16 heavy (non-hydrogen) atoms. The first-order valence-electron chi connectivity index (χ1n) is 6.89. The summed E-state index contributed by atoms with van der Waals surface area (Å²) >= 11 is 0. The van der Waals surface area contributed by atoms with Crippen molar-refractivity contribution in [3.63, 3.8) is 0 Å². The zero-order valence-electron chi connectivity index (χ0n) is 10.2. The normalized spacial score (nSPS) is 51.1. The maximum atomic E-state index is 11.6. The summed E-state index contributed by atoms with van der Waals surface area (Å²) in [6, 6.07) is 0.397. The van der Waals surface area contributed by atoms with Gasteiger partial charge >= 0.3 is 0 Å². The first-order chi connectivity index (χ1) is 7.63. The maximum Gasteiger partial charge on any atom is 0.132 e. The minimum atomic E-state index is 0.319. The number of hydrogen-bond donors (Lipinski definition) is 1. The molecule has 0 aromatic heterocycles. The second-order valence-corrected chi connectivity index (χ2v) is 6.43. The van der Waals surface area contributed by atoms with Gasteiger partial charge in [0.2, 0.25) is 0 Å². The number of ketones is 1. The second kappa shape index (κ2) is 3.56.